The topological polar surface area (TPSA) is 67.9 Å². The average Bonchev–Trinajstić information content (AvgIpc) is 3.11. The molecule has 0 saturated carbocycles. The molecular weight excluding hydrogens is 511 g/mol. The molecule has 1 aliphatic rings. The van der Waals surface area contributed by atoms with Crippen molar-refractivity contribution in [3.05, 3.63) is 99.2 Å². The Kier molecular flexibility index (Phi) is 7.70. The summed E-state index contributed by atoms with van der Waals surface area (Å²) in [7, 11) is 1.51. The second-order valence-corrected chi connectivity index (χ2v) is 9.40. The van der Waals surface area contributed by atoms with E-state index in [1.165, 1.54) is 19.2 Å². The zero-order valence-electron chi connectivity index (χ0n) is 18.3. The highest BCUT2D eigenvalue weighted by Gasteiger charge is 2.33. The first-order valence-electron chi connectivity index (χ1n) is 10.2. The summed E-state index contributed by atoms with van der Waals surface area (Å²) in [5.41, 5.74) is 4.36. The van der Waals surface area contributed by atoms with Crippen molar-refractivity contribution in [2.24, 2.45) is 0 Å². The van der Waals surface area contributed by atoms with Crippen LogP contribution in [0.25, 0.3) is 6.08 Å². The molecule has 4 rings (SSSR count). The molecule has 6 nitrogen and oxygen atoms in total. The summed E-state index contributed by atoms with van der Waals surface area (Å²) in [6.45, 7) is 0.238. The Bertz CT molecular complexity index is 1310. The Morgan fingerprint density at radius 1 is 1.11 bits per heavy atom. The fourth-order valence-corrected chi connectivity index (χ4v) is 4.42. The van der Waals surface area contributed by atoms with E-state index in [-0.39, 0.29) is 16.7 Å². The number of rotatable bonds is 7. The van der Waals surface area contributed by atoms with Crippen LogP contribution in [0.3, 0.4) is 0 Å². The molecule has 0 spiro atoms. The average molecular weight is 529 g/mol. The minimum atomic E-state index is -0.483. The maximum absolute atomic E-state index is 13.1. The van der Waals surface area contributed by atoms with Gasteiger partial charge in [0.25, 0.3) is 11.8 Å². The molecule has 35 heavy (non-hydrogen) atoms. The van der Waals surface area contributed by atoms with Gasteiger partial charge in [0.1, 0.15) is 12.4 Å². The van der Waals surface area contributed by atoms with Crippen LogP contribution in [-0.2, 0) is 11.4 Å². The Labute approximate surface area is 215 Å². The number of methoxy groups -OCH3 is 1. The van der Waals surface area contributed by atoms with E-state index in [9.17, 15) is 14.0 Å². The fourth-order valence-electron chi connectivity index (χ4n) is 3.12. The first kappa shape index (κ1) is 24.7. The number of ether oxygens (including phenoxy) is 2. The molecule has 0 unspecified atom stereocenters. The second kappa shape index (κ2) is 10.9. The molecule has 3 aromatic carbocycles. The SMILES string of the molecule is COc1cc(/C=C2\SC(=S)N(NC(=O)c3ccc(Cl)cc3)C2=O)ccc1OCc1ccc(F)cc1. The van der Waals surface area contributed by atoms with Crippen molar-refractivity contribution >= 4 is 57.8 Å². The number of halogens is 2. The Morgan fingerprint density at radius 3 is 2.51 bits per heavy atom. The van der Waals surface area contributed by atoms with E-state index in [0.29, 0.717) is 32.6 Å². The minimum Gasteiger partial charge on any atom is -0.493 e. The number of amides is 2. The molecule has 0 bridgehead atoms. The van der Waals surface area contributed by atoms with Crippen molar-refractivity contribution < 1.29 is 23.5 Å². The van der Waals surface area contributed by atoms with Crippen LogP contribution in [0.1, 0.15) is 21.5 Å². The molecule has 0 atom stereocenters. The first-order chi connectivity index (χ1) is 16.8. The molecule has 1 aliphatic heterocycles. The van der Waals surface area contributed by atoms with Gasteiger partial charge in [-0.25, -0.2) is 4.39 Å². The van der Waals surface area contributed by atoms with E-state index in [1.54, 1.807) is 60.7 Å². The number of hydrogen-bond acceptors (Lipinski definition) is 6. The van der Waals surface area contributed by atoms with Gasteiger partial charge in [-0.3, -0.25) is 15.0 Å². The van der Waals surface area contributed by atoms with Crippen molar-refractivity contribution in [1.82, 2.24) is 10.4 Å². The minimum absolute atomic E-state index is 0.203. The summed E-state index contributed by atoms with van der Waals surface area (Å²) in [4.78, 5) is 25.7. The van der Waals surface area contributed by atoms with Crippen LogP contribution in [0.2, 0.25) is 5.02 Å². The van der Waals surface area contributed by atoms with E-state index in [0.717, 1.165) is 22.3 Å². The van der Waals surface area contributed by atoms with Gasteiger partial charge in [0.2, 0.25) is 0 Å². The number of hydrazine groups is 1. The number of carbonyl (C=O) groups excluding carboxylic acids is 2. The van der Waals surface area contributed by atoms with Gasteiger partial charge in [-0.05, 0) is 78.0 Å². The molecular formula is C25H18ClFN2O4S2. The molecule has 10 heteroatoms. The van der Waals surface area contributed by atoms with E-state index in [2.05, 4.69) is 5.43 Å². The Morgan fingerprint density at radius 2 is 1.83 bits per heavy atom. The van der Waals surface area contributed by atoms with Crippen LogP contribution in [0.5, 0.6) is 11.5 Å². The molecule has 1 saturated heterocycles. The van der Waals surface area contributed by atoms with Gasteiger partial charge < -0.3 is 9.47 Å². The lowest BCUT2D eigenvalue weighted by Gasteiger charge is -2.15. The van der Waals surface area contributed by atoms with Crippen molar-refractivity contribution in [1.29, 1.82) is 0 Å². The number of thiocarbonyl (C=S) groups is 1. The van der Waals surface area contributed by atoms with Crippen LogP contribution in [-0.4, -0.2) is 28.3 Å². The third-order valence-corrected chi connectivity index (χ3v) is 6.46. The Balaban J connectivity index is 1.46. The van der Waals surface area contributed by atoms with Gasteiger partial charge in [-0.1, -0.05) is 41.6 Å². The smallest absolute Gasteiger partial charge is 0.285 e. The maximum atomic E-state index is 13.1. The zero-order chi connectivity index (χ0) is 24.9. The molecule has 0 aliphatic carbocycles. The highest BCUT2D eigenvalue weighted by atomic mass is 35.5. The summed E-state index contributed by atoms with van der Waals surface area (Å²) in [5, 5.41) is 1.54. The third kappa shape index (κ3) is 6.00. The van der Waals surface area contributed by atoms with E-state index in [4.69, 9.17) is 33.3 Å². The third-order valence-electron chi connectivity index (χ3n) is 4.91. The highest BCUT2D eigenvalue weighted by Crippen LogP contribution is 2.34. The number of carbonyl (C=O) groups is 2. The summed E-state index contributed by atoms with van der Waals surface area (Å²) in [6, 6.07) is 17.5. The lowest BCUT2D eigenvalue weighted by Crippen LogP contribution is -2.44. The molecule has 1 N–H and O–H groups in total. The highest BCUT2D eigenvalue weighted by molar-refractivity contribution is 8.26. The number of hydrogen-bond donors (Lipinski definition) is 1. The molecule has 178 valence electrons. The monoisotopic (exact) mass is 528 g/mol. The summed E-state index contributed by atoms with van der Waals surface area (Å²) in [6.07, 6.45) is 1.65. The summed E-state index contributed by atoms with van der Waals surface area (Å²) < 4.78 is 24.5. The summed E-state index contributed by atoms with van der Waals surface area (Å²) in [5.74, 6) is -0.281. The van der Waals surface area contributed by atoms with Crippen LogP contribution in [0.15, 0.2) is 71.6 Å². The van der Waals surface area contributed by atoms with Gasteiger partial charge in [0.15, 0.2) is 15.8 Å². The number of thioether (sulfide) groups is 1. The van der Waals surface area contributed by atoms with Crippen molar-refractivity contribution in [2.75, 3.05) is 7.11 Å². The molecule has 1 fully saturated rings. The molecule has 0 radical (unpaired) electrons. The number of nitrogens with zero attached hydrogens (tertiary/aromatic N) is 1. The lowest BCUT2D eigenvalue weighted by molar-refractivity contribution is -0.123. The predicted molar refractivity (Wildman–Crippen MR) is 138 cm³/mol. The van der Waals surface area contributed by atoms with Crippen LogP contribution in [0, 0.1) is 5.82 Å². The maximum Gasteiger partial charge on any atom is 0.285 e. The van der Waals surface area contributed by atoms with Gasteiger partial charge >= 0.3 is 0 Å². The van der Waals surface area contributed by atoms with E-state index < -0.39 is 11.8 Å². The fraction of sp³-hybridized carbons (Fsp3) is 0.0800. The van der Waals surface area contributed by atoms with Crippen LogP contribution in [0.4, 0.5) is 4.39 Å². The standard InChI is InChI=1S/C25H18ClFN2O4S2/c1-32-21-12-16(4-11-20(21)33-14-15-2-9-19(27)10-3-15)13-22-24(31)29(25(34)35-22)28-23(30)17-5-7-18(26)8-6-17/h2-13H,14H2,1H3,(H,28,30)/b22-13-. The van der Waals surface area contributed by atoms with Crippen molar-refractivity contribution in [3.8, 4) is 11.5 Å². The quantitative estimate of drug-likeness (QED) is 0.317. The van der Waals surface area contributed by atoms with Crippen LogP contribution < -0.4 is 14.9 Å². The zero-order valence-corrected chi connectivity index (χ0v) is 20.7. The van der Waals surface area contributed by atoms with Gasteiger partial charge in [-0.15, -0.1) is 0 Å². The second-order valence-electron chi connectivity index (χ2n) is 7.29. The molecule has 2 amide bonds. The molecule has 3 aromatic rings. The first-order valence-corrected chi connectivity index (χ1v) is 11.8. The largest absolute Gasteiger partial charge is 0.493 e. The molecule has 0 aromatic heterocycles. The van der Waals surface area contributed by atoms with E-state index in [1.807, 2.05) is 0 Å². The predicted octanol–water partition coefficient (Wildman–Crippen LogP) is 5.61. The Hall–Kier alpha value is -3.40. The molecule has 1 heterocycles. The van der Waals surface area contributed by atoms with Gasteiger partial charge in [0, 0.05) is 10.6 Å². The van der Waals surface area contributed by atoms with Gasteiger partial charge in [-0.2, -0.15) is 5.01 Å². The van der Waals surface area contributed by atoms with Gasteiger partial charge in [0.05, 0.1) is 12.0 Å². The van der Waals surface area contributed by atoms with Crippen molar-refractivity contribution in [3.63, 3.8) is 0 Å². The van der Waals surface area contributed by atoms with Crippen molar-refractivity contribution in [2.45, 2.75) is 6.61 Å². The summed E-state index contributed by atoms with van der Waals surface area (Å²) >= 11 is 12.2. The lowest BCUT2D eigenvalue weighted by atomic mass is 10.2. The van der Waals surface area contributed by atoms with Crippen LogP contribution >= 0.6 is 35.6 Å². The van der Waals surface area contributed by atoms with E-state index >= 15 is 0 Å². The number of nitrogens with one attached hydrogen (secondary N) is 1. The normalized spacial score (nSPS) is 14.4. The number of benzene rings is 3.